The van der Waals surface area contributed by atoms with Gasteiger partial charge in [0.05, 0.1) is 12.3 Å². The average Bonchev–Trinajstić information content (AvgIpc) is 2.67. The van der Waals surface area contributed by atoms with E-state index in [1.807, 2.05) is 36.6 Å². The lowest BCUT2D eigenvalue weighted by Gasteiger charge is -1.98. The van der Waals surface area contributed by atoms with Crippen molar-refractivity contribution in [2.75, 3.05) is 12.3 Å². The second-order valence-electron chi connectivity index (χ2n) is 3.06. The lowest BCUT2D eigenvalue weighted by atomic mass is 10.1. The highest BCUT2D eigenvalue weighted by molar-refractivity contribution is 7.11. The van der Waals surface area contributed by atoms with E-state index < -0.39 is 0 Å². The van der Waals surface area contributed by atoms with Gasteiger partial charge in [0.1, 0.15) is 0 Å². The fourth-order valence-electron chi connectivity index (χ4n) is 1.28. The number of benzene rings is 1. The van der Waals surface area contributed by atoms with Crippen LogP contribution >= 0.6 is 11.3 Å². The van der Waals surface area contributed by atoms with E-state index in [0.29, 0.717) is 11.8 Å². The van der Waals surface area contributed by atoms with Crippen LogP contribution in [0, 0.1) is 0 Å². The number of ether oxygens (including phenoxy) is 1. The molecule has 0 saturated heterocycles. The SMILES string of the molecule is CCOc1nc(-c2cccc(N)c2)cs1. The Balaban J connectivity index is 2.29. The minimum absolute atomic E-state index is 0.643. The largest absolute Gasteiger partial charge is 0.470 e. The molecule has 1 heterocycles. The Labute approximate surface area is 92.5 Å². The van der Waals surface area contributed by atoms with Gasteiger partial charge in [-0.3, -0.25) is 0 Å². The minimum atomic E-state index is 0.643. The van der Waals surface area contributed by atoms with E-state index in [0.717, 1.165) is 16.9 Å². The summed E-state index contributed by atoms with van der Waals surface area (Å²) in [6.07, 6.45) is 0. The molecule has 0 atom stereocenters. The van der Waals surface area contributed by atoms with Crippen LogP contribution in [0.2, 0.25) is 0 Å². The van der Waals surface area contributed by atoms with Crippen LogP contribution < -0.4 is 10.5 Å². The Kier molecular flexibility index (Phi) is 2.87. The number of anilines is 1. The maximum absolute atomic E-state index is 5.71. The quantitative estimate of drug-likeness (QED) is 0.809. The second kappa shape index (κ2) is 4.31. The molecule has 1 aromatic heterocycles. The van der Waals surface area contributed by atoms with Crippen molar-refractivity contribution in [2.24, 2.45) is 0 Å². The summed E-state index contributed by atoms with van der Waals surface area (Å²) in [4.78, 5) is 4.35. The van der Waals surface area contributed by atoms with Crippen molar-refractivity contribution in [1.82, 2.24) is 4.98 Å². The number of nitrogens with zero attached hydrogens (tertiary/aromatic N) is 1. The molecule has 78 valence electrons. The molecule has 3 nitrogen and oxygen atoms in total. The van der Waals surface area contributed by atoms with Crippen molar-refractivity contribution in [3.05, 3.63) is 29.6 Å². The molecular weight excluding hydrogens is 208 g/mol. The third-order valence-electron chi connectivity index (χ3n) is 1.93. The molecule has 0 saturated carbocycles. The van der Waals surface area contributed by atoms with Crippen LogP contribution in [-0.4, -0.2) is 11.6 Å². The van der Waals surface area contributed by atoms with Gasteiger partial charge in [0.2, 0.25) is 0 Å². The molecule has 15 heavy (non-hydrogen) atoms. The number of aromatic nitrogens is 1. The zero-order valence-corrected chi connectivity index (χ0v) is 9.25. The van der Waals surface area contributed by atoms with E-state index >= 15 is 0 Å². The van der Waals surface area contributed by atoms with Gasteiger partial charge in [-0.15, -0.1) is 0 Å². The van der Waals surface area contributed by atoms with Crippen LogP contribution in [0.15, 0.2) is 29.6 Å². The van der Waals surface area contributed by atoms with Gasteiger partial charge in [-0.25, -0.2) is 4.98 Å². The van der Waals surface area contributed by atoms with Gasteiger partial charge in [-0.2, -0.15) is 0 Å². The van der Waals surface area contributed by atoms with E-state index in [4.69, 9.17) is 10.5 Å². The highest BCUT2D eigenvalue weighted by atomic mass is 32.1. The van der Waals surface area contributed by atoms with Crippen molar-refractivity contribution in [1.29, 1.82) is 0 Å². The summed E-state index contributed by atoms with van der Waals surface area (Å²) < 4.78 is 5.31. The molecular formula is C11H12N2OS. The third kappa shape index (κ3) is 2.27. The number of thiazole rings is 1. The topological polar surface area (TPSA) is 48.1 Å². The lowest BCUT2D eigenvalue weighted by molar-refractivity contribution is 0.338. The standard InChI is InChI=1S/C11H12N2OS/c1-2-14-11-13-10(7-15-11)8-4-3-5-9(12)6-8/h3-7H,2,12H2,1H3. The molecule has 2 aromatic rings. The van der Waals surface area contributed by atoms with Crippen LogP contribution in [0.25, 0.3) is 11.3 Å². The van der Waals surface area contributed by atoms with Crippen molar-refractivity contribution >= 4 is 17.0 Å². The van der Waals surface area contributed by atoms with Gasteiger partial charge in [-0.05, 0) is 19.1 Å². The molecule has 0 aliphatic heterocycles. The summed E-state index contributed by atoms with van der Waals surface area (Å²) in [6, 6.07) is 7.68. The van der Waals surface area contributed by atoms with E-state index in [2.05, 4.69) is 4.98 Å². The number of hydrogen-bond acceptors (Lipinski definition) is 4. The molecule has 0 radical (unpaired) electrons. The van der Waals surface area contributed by atoms with E-state index in [1.54, 1.807) is 0 Å². The van der Waals surface area contributed by atoms with Crippen molar-refractivity contribution in [3.63, 3.8) is 0 Å². The normalized spacial score (nSPS) is 10.2. The van der Waals surface area contributed by atoms with Crippen molar-refractivity contribution < 1.29 is 4.74 Å². The van der Waals surface area contributed by atoms with Gasteiger partial charge < -0.3 is 10.5 Å². The van der Waals surface area contributed by atoms with E-state index in [-0.39, 0.29) is 0 Å². The fourth-order valence-corrected chi connectivity index (χ4v) is 2.02. The third-order valence-corrected chi connectivity index (χ3v) is 2.69. The van der Waals surface area contributed by atoms with Gasteiger partial charge >= 0.3 is 0 Å². The molecule has 0 fully saturated rings. The van der Waals surface area contributed by atoms with Crippen LogP contribution in [0.5, 0.6) is 5.19 Å². The average molecular weight is 220 g/mol. The Morgan fingerprint density at radius 3 is 3.07 bits per heavy atom. The van der Waals surface area contributed by atoms with E-state index in [9.17, 15) is 0 Å². The number of nitrogen functional groups attached to an aromatic ring is 1. The van der Waals surface area contributed by atoms with Gasteiger partial charge in [0.25, 0.3) is 5.19 Å². The molecule has 0 aliphatic carbocycles. The predicted octanol–water partition coefficient (Wildman–Crippen LogP) is 2.79. The fraction of sp³-hybridized carbons (Fsp3) is 0.182. The summed E-state index contributed by atoms with van der Waals surface area (Å²) in [6.45, 7) is 2.59. The van der Waals surface area contributed by atoms with Crippen LogP contribution in [0.4, 0.5) is 5.69 Å². The number of rotatable bonds is 3. The first-order chi connectivity index (χ1) is 7.29. The molecule has 0 unspecified atom stereocenters. The van der Waals surface area contributed by atoms with E-state index in [1.165, 1.54) is 11.3 Å². The molecule has 2 rings (SSSR count). The molecule has 2 N–H and O–H groups in total. The monoisotopic (exact) mass is 220 g/mol. The molecule has 4 heteroatoms. The maximum Gasteiger partial charge on any atom is 0.273 e. The molecule has 0 amide bonds. The highest BCUT2D eigenvalue weighted by Gasteiger charge is 2.04. The van der Waals surface area contributed by atoms with Crippen LogP contribution in [-0.2, 0) is 0 Å². The summed E-state index contributed by atoms with van der Waals surface area (Å²) in [5, 5.41) is 2.68. The maximum atomic E-state index is 5.71. The molecule has 0 spiro atoms. The number of nitrogens with two attached hydrogens (primary N) is 1. The lowest BCUT2D eigenvalue weighted by Crippen LogP contribution is -1.90. The van der Waals surface area contributed by atoms with Crippen molar-refractivity contribution in [3.8, 4) is 16.5 Å². The first-order valence-corrected chi connectivity index (χ1v) is 5.62. The van der Waals surface area contributed by atoms with Crippen LogP contribution in [0.1, 0.15) is 6.92 Å². The molecule has 1 aromatic carbocycles. The first-order valence-electron chi connectivity index (χ1n) is 4.74. The molecule has 0 aliphatic rings. The van der Waals surface area contributed by atoms with Gasteiger partial charge in [0, 0.05) is 16.6 Å². The number of hydrogen-bond donors (Lipinski definition) is 1. The molecule has 0 bridgehead atoms. The summed E-state index contributed by atoms with van der Waals surface area (Å²) in [5.74, 6) is 0. The Morgan fingerprint density at radius 2 is 2.33 bits per heavy atom. The first kappa shape index (κ1) is 9.98. The summed E-state index contributed by atoms with van der Waals surface area (Å²) in [5.41, 5.74) is 8.39. The highest BCUT2D eigenvalue weighted by Crippen LogP contribution is 2.27. The Hall–Kier alpha value is -1.55. The minimum Gasteiger partial charge on any atom is -0.470 e. The predicted molar refractivity (Wildman–Crippen MR) is 63.1 cm³/mol. The Morgan fingerprint density at radius 1 is 1.47 bits per heavy atom. The zero-order valence-electron chi connectivity index (χ0n) is 8.43. The Bertz CT molecular complexity index is 453. The van der Waals surface area contributed by atoms with Gasteiger partial charge in [-0.1, -0.05) is 23.5 Å². The summed E-state index contributed by atoms with van der Waals surface area (Å²) in [7, 11) is 0. The smallest absolute Gasteiger partial charge is 0.273 e. The van der Waals surface area contributed by atoms with Gasteiger partial charge in [0.15, 0.2) is 0 Å². The summed E-state index contributed by atoms with van der Waals surface area (Å²) >= 11 is 1.50. The zero-order chi connectivity index (χ0) is 10.7. The van der Waals surface area contributed by atoms with Crippen molar-refractivity contribution in [2.45, 2.75) is 6.92 Å². The second-order valence-corrected chi connectivity index (χ2v) is 3.88. The van der Waals surface area contributed by atoms with Crippen LogP contribution in [0.3, 0.4) is 0 Å².